The van der Waals surface area contributed by atoms with Crippen LogP contribution in [-0.4, -0.2) is 33.3 Å². The molecule has 6 heteroatoms. The molecule has 3 rings (SSSR count). The molecule has 0 aliphatic carbocycles. The van der Waals surface area contributed by atoms with Crippen LogP contribution in [0.3, 0.4) is 0 Å². The van der Waals surface area contributed by atoms with Crippen molar-refractivity contribution >= 4 is 26.9 Å². The molecule has 24 heavy (non-hydrogen) atoms. The second-order valence-corrected chi connectivity index (χ2v) is 9.33. The van der Waals surface area contributed by atoms with E-state index in [2.05, 4.69) is 22.6 Å². The summed E-state index contributed by atoms with van der Waals surface area (Å²) in [4.78, 5) is 2.75. The van der Waals surface area contributed by atoms with Crippen LogP contribution in [-0.2, 0) is 16.3 Å². The Kier molecular flexibility index (Phi) is 5.27. The number of sulfone groups is 1. The minimum absolute atomic E-state index is 0.284. The van der Waals surface area contributed by atoms with Crippen molar-refractivity contribution in [1.29, 1.82) is 0 Å². The number of benzene rings is 1. The van der Waals surface area contributed by atoms with E-state index >= 15 is 0 Å². The molecule has 0 saturated carbocycles. The van der Waals surface area contributed by atoms with E-state index in [1.54, 1.807) is 23.5 Å². The fraction of sp³-hybridized carbons (Fsp3) is 0.444. The summed E-state index contributed by atoms with van der Waals surface area (Å²) in [5.41, 5.74) is 9.15. The number of hydrogen-bond donors (Lipinski definition) is 1. The fourth-order valence-corrected chi connectivity index (χ4v) is 5.88. The maximum absolute atomic E-state index is 12.9. The maximum atomic E-state index is 12.9. The van der Waals surface area contributed by atoms with Crippen LogP contribution in [0.4, 0.5) is 5.69 Å². The number of thiophene rings is 1. The molecule has 0 atom stereocenters. The van der Waals surface area contributed by atoms with Crippen molar-refractivity contribution in [3.63, 3.8) is 0 Å². The third kappa shape index (κ3) is 3.50. The lowest BCUT2D eigenvalue weighted by molar-refractivity contribution is 0.530. The minimum atomic E-state index is -3.25. The van der Waals surface area contributed by atoms with Crippen LogP contribution in [0.1, 0.15) is 24.0 Å². The molecule has 1 aliphatic heterocycles. The van der Waals surface area contributed by atoms with Gasteiger partial charge in [-0.25, -0.2) is 8.42 Å². The van der Waals surface area contributed by atoms with Crippen LogP contribution in [0.25, 0.3) is 0 Å². The van der Waals surface area contributed by atoms with Crippen molar-refractivity contribution < 1.29 is 8.42 Å². The van der Waals surface area contributed by atoms with Crippen LogP contribution >= 0.6 is 11.3 Å². The van der Waals surface area contributed by atoms with Gasteiger partial charge in [0.2, 0.25) is 0 Å². The molecule has 1 aromatic heterocycles. The Labute approximate surface area is 148 Å². The molecule has 1 aliphatic rings. The van der Waals surface area contributed by atoms with Gasteiger partial charge in [-0.05, 0) is 61.4 Å². The first-order valence-electron chi connectivity index (χ1n) is 8.33. The summed E-state index contributed by atoms with van der Waals surface area (Å²) < 4.78 is 25.8. The Balaban J connectivity index is 1.69. The zero-order valence-electron chi connectivity index (χ0n) is 13.9. The molecule has 130 valence electrons. The molecular weight excluding hydrogens is 340 g/mol. The van der Waals surface area contributed by atoms with E-state index in [4.69, 9.17) is 5.73 Å². The van der Waals surface area contributed by atoms with E-state index in [0.717, 1.165) is 25.1 Å². The number of nitrogens with zero attached hydrogens (tertiary/aromatic N) is 1. The number of rotatable bonds is 5. The molecule has 1 fully saturated rings. The van der Waals surface area contributed by atoms with Crippen LogP contribution in [0.2, 0.25) is 0 Å². The monoisotopic (exact) mass is 364 g/mol. The molecule has 0 bridgehead atoms. The van der Waals surface area contributed by atoms with Gasteiger partial charge >= 0.3 is 0 Å². The summed E-state index contributed by atoms with van der Waals surface area (Å²) in [6, 6.07) is 7.22. The first-order valence-corrected chi connectivity index (χ1v) is 10.8. The van der Waals surface area contributed by atoms with Gasteiger partial charge in [0.05, 0.1) is 15.8 Å². The molecule has 2 heterocycles. The standard InChI is InChI=1S/C18H24N2O2S2/c1-14-12-23-13-18(14)20-10-7-17(8-11-20)24(21,22)16-4-2-15(3-5-16)6-9-19/h2-5,12-13,17H,6-11,19H2,1H3. The third-order valence-corrected chi connectivity index (χ3v) is 7.86. The summed E-state index contributed by atoms with van der Waals surface area (Å²) in [6.07, 6.45) is 2.14. The average molecular weight is 365 g/mol. The first kappa shape index (κ1) is 17.5. The van der Waals surface area contributed by atoms with Gasteiger partial charge in [-0.2, -0.15) is 0 Å². The maximum Gasteiger partial charge on any atom is 0.181 e. The van der Waals surface area contributed by atoms with Gasteiger partial charge in [-0.15, -0.1) is 11.3 Å². The van der Waals surface area contributed by atoms with Crippen LogP contribution in [0.5, 0.6) is 0 Å². The van der Waals surface area contributed by atoms with Crippen LogP contribution in [0.15, 0.2) is 39.9 Å². The van der Waals surface area contributed by atoms with Crippen molar-refractivity contribution in [3.8, 4) is 0 Å². The smallest absolute Gasteiger partial charge is 0.181 e. The van der Waals surface area contributed by atoms with Gasteiger partial charge in [0.15, 0.2) is 9.84 Å². The number of anilines is 1. The summed E-state index contributed by atoms with van der Waals surface area (Å²) >= 11 is 1.70. The molecule has 1 aromatic carbocycles. The summed E-state index contributed by atoms with van der Waals surface area (Å²) in [5, 5.41) is 4.01. The van der Waals surface area contributed by atoms with E-state index in [1.807, 2.05) is 12.1 Å². The summed E-state index contributed by atoms with van der Waals surface area (Å²) in [6.45, 7) is 4.28. The second kappa shape index (κ2) is 7.25. The molecule has 0 radical (unpaired) electrons. The SMILES string of the molecule is Cc1cscc1N1CCC(S(=O)(=O)c2ccc(CCN)cc2)CC1. The quantitative estimate of drug-likeness (QED) is 0.886. The Hall–Kier alpha value is -1.37. The van der Waals surface area contributed by atoms with E-state index in [1.165, 1.54) is 11.3 Å². The lowest BCUT2D eigenvalue weighted by Gasteiger charge is -2.33. The van der Waals surface area contributed by atoms with Gasteiger partial charge in [0.25, 0.3) is 0 Å². The summed E-state index contributed by atoms with van der Waals surface area (Å²) in [5.74, 6) is 0. The molecule has 0 unspecified atom stereocenters. The van der Waals surface area contributed by atoms with E-state index < -0.39 is 9.84 Å². The zero-order valence-corrected chi connectivity index (χ0v) is 15.6. The molecule has 4 nitrogen and oxygen atoms in total. The van der Waals surface area contributed by atoms with Crippen molar-refractivity contribution in [2.45, 2.75) is 36.3 Å². The molecule has 2 aromatic rings. The zero-order chi connectivity index (χ0) is 17.2. The van der Waals surface area contributed by atoms with Gasteiger partial charge in [0.1, 0.15) is 0 Å². The molecule has 2 N–H and O–H groups in total. The van der Waals surface area contributed by atoms with Gasteiger partial charge in [-0.1, -0.05) is 12.1 Å². The van der Waals surface area contributed by atoms with Crippen LogP contribution < -0.4 is 10.6 Å². The molecule has 0 spiro atoms. The third-order valence-electron chi connectivity index (χ3n) is 4.73. The highest BCUT2D eigenvalue weighted by atomic mass is 32.2. The average Bonchev–Trinajstić information content (AvgIpc) is 3.02. The van der Waals surface area contributed by atoms with E-state index in [0.29, 0.717) is 24.3 Å². The Morgan fingerprint density at radius 2 is 1.83 bits per heavy atom. The topological polar surface area (TPSA) is 63.4 Å². The first-order chi connectivity index (χ1) is 11.5. The second-order valence-electron chi connectivity index (χ2n) is 6.35. The van der Waals surface area contributed by atoms with Crippen molar-refractivity contribution in [2.24, 2.45) is 5.73 Å². The minimum Gasteiger partial charge on any atom is -0.371 e. The highest BCUT2D eigenvalue weighted by molar-refractivity contribution is 7.92. The van der Waals surface area contributed by atoms with E-state index in [-0.39, 0.29) is 5.25 Å². The Morgan fingerprint density at radius 1 is 1.17 bits per heavy atom. The number of nitrogens with two attached hydrogens (primary N) is 1. The number of hydrogen-bond acceptors (Lipinski definition) is 5. The normalized spacial score (nSPS) is 16.5. The van der Waals surface area contributed by atoms with Crippen LogP contribution in [0, 0.1) is 6.92 Å². The fourth-order valence-electron chi connectivity index (χ4n) is 3.29. The van der Waals surface area contributed by atoms with Crippen molar-refractivity contribution in [2.75, 3.05) is 24.5 Å². The Morgan fingerprint density at radius 3 is 2.38 bits per heavy atom. The molecule has 0 amide bonds. The largest absolute Gasteiger partial charge is 0.371 e. The number of piperidine rings is 1. The summed E-state index contributed by atoms with van der Waals surface area (Å²) in [7, 11) is -3.25. The van der Waals surface area contributed by atoms with Crippen molar-refractivity contribution in [1.82, 2.24) is 0 Å². The lowest BCUT2D eigenvalue weighted by atomic mass is 10.1. The molecule has 1 saturated heterocycles. The van der Waals surface area contributed by atoms with Crippen molar-refractivity contribution in [3.05, 3.63) is 46.2 Å². The van der Waals surface area contributed by atoms with E-state index in [9.17, 15) is 8.42 Å². The van der Waals surface area contributed by atoms with Gasteiger partial charge in [-0.3, -0.25) is 0 Å². The number of aryl methyl sites for hydroxylation is 1. The van der Waals surface area contributed by atoms with Gasteiger partial charge < -0.3 is 10.6 Å². The molecular formula is C18H24N2O2S2. The highest BCUT2D eigenvalue weighted by Gasteiger charge is 2.31. The predicted octanol–water partition coefficient (Wildman–Crippen LogP) is 3.00. The lowest BCUT2D eigenvalue weighted by Crippen LogP contribution is -2.39. The Bertz CT molecular complexity index is 774. The highest BCUT2D eigenvalue weighted by Crippen LogP contribution is 2.30. The predicted molar refractivity (Wildman–Crippen MR) is 101 cm³/mol. The van der Waals surface area contributed by atoms with Gasteiger partial charge in [0, 0.05) is 18.5 Å².